The highest BCUT2D eigenvalue weighted by atomic mass is 16.5. The maximum absolute atomic E-state index is 12.7. The molecule has 3 aromatic rings. The summed E-state index contributed by atoms with van der Waals surface area (Å²) in [4.78, 5) is 17.3. The van der Waals surface area contributed by atoms with Crippen molar-refractivity contribution in [2.75, 3.05) is 13.2 Å². The highest BCUT2D eigenvalue weighted by Crippen LogP contribution is 2.19. The van der Waals surface area contributed by atoms with Crippen LogP contribution in [0.1, 0.15) is 19.7 Å². The molecule has 0 aliphatic heterocycles. The summed E-state index contributed by atoms with van der Waals surface area (Å²) in [7, 11) is 0. The lowest BCUT2D eigenvalue weighted by Crippen LogP contribution is -2.27. The molecular formula is C20H22N2O3. The number of fused-ring (bicyclic) bond motifs is 1. The Kier molecular flexibility index (Phi) is 5.33. The third-order valence-corrected chi connectivity index (χ3v) is 3.96. The van der Waals surface area contributed by atoms with Crippen LogP contribution in [0.3, 0.4) is 0 Å². The van der Waals surface area contributed by atoms with Crippen LogP contribution in [-0.4, -0.2) is 22.8 Å². The first kappa shape index (κ1) is 17.0. The van der Waals surface area contributed by atoms with Crippen molar-refractivity contribution in [3.05, 3.63) is 64.7 Å². The van der Waals surface area contributed by atoms with Gasteiger partial charge >= 0.3 is 0 Å². The SMILES string of the molecule is CCOc1cccc(OCCn2c(CC)nc3ccccc3c2=O)c1. The number of rotatable bonds is 7. The van der Waals surface area contributed by atoms with E-state index in [9.17, 15) is 4.79 Å². The zero-order chi connectivity index (χ0) is 17.6. The van der Waals surface area contributed by atoms with Crippen molar-refractivity contribution in [1.82, 2.24) is 9.55 Å². The molecule has 5 nitrogen and oxygen atoms in total. The molecule has 5 heteroatoms. The molecular weight excluding hydrogens is 316 g/mol. The summed E-state index contributed by atoms with van der Waals surface area (Å²) in [6.45, 7) is 5.40. The van der Waals surface area contributed by atoms with Crippen LogP contribution >= 0.6 is 0 Å². The van der Waals surface area contributed by atoms with E-state index in [0.717, 1.165) is 22.8 Å². The minimum atomic E-state index is -0.0193. The maximum atomic E-state index is 12.7. The first-order valence-corrected chi connectivity index (χ1v) is 8.57. The van der Waals surface area contributed by atoms with Crippen LogP contribution in [0.5, 0.6) is 11.5 Å². The summed E-state index contributed by atoms with van der Waals surface area (Å²) in [5, 5.41) is 0.637. The van der Waals surface area contributed by atoms with Gasteiger partial charge in [0.1, 0.15) is 23.9 Å². The van der Waals surface area contributed by atoms with Crippen molar-refractivity contribution in [1.29, 1.82) is 0 Å². The molecule has 1 heterocycles. The fraction of sp³-hybridized carbons (Fsp3) is 0.300. The highest BCUT2D eigenvalue weighted by Gasteiger charge is 2.09. The van der Waals surface area contributed by atoms with E-state index in [1.807, 2.05) is 62.4 Å². The molecule has 1 aromatic heterocycles. The molecule has 0 N–H and O–H groups in total. The number of ether oxygens (including phenoxy) is 2. The lowest BCUT2D eigenvalue weighted by Gasteiger charge is -2.13. The number of benzene rings is 2. The van der Waals surface area contributed by atoms with Gasteiger partial charge in [-0.25, -0.2) is 4.98 Å². The van der Waals surface area contributed by atoms with Crippen molar-refractivity contribution >= 4 is 10.9 Å². The van der Waals surface area contributed by atoms with E-state index in [1.165, 1.54) is 0 Å². The first-order chi connectivity index (χ1) is 12.2. The number of aromatic nitrogens is 2. The predicted molar refractivity (Wildman–Crippen MR) is 98.5 cm³/mol. The van der Waals surface area contributed by atoms with Crippen molar-refractivity contribution in [3.63, 3.8) is 0 Å². The second-order valence-electron chi connectivity index (χ2n) is 5.61. The largest absolute Gasteiger partial charge is 0.494 e. The molecule has 0 amide bonds. The minimum absolute atomic E-state index is 0.0193. The molecule has 0 unspecified atom stereocenters. The Morgan fingerprint density at radius 2 is 1.76 bits per heavy atom. The van der Waals surface area contributed by atoms with Gasteiger partial charge in [-0.15, -0.1) is 0 Å². The lowest BCUT2D eigenvalue weighted by molar-refractivity contribution is 0.289. The Morgan fingerprint density at radius 1 is 1.00 bits per heavy atom. The van der Waals surface area contributed by atoms with Gasteiger partial charge in [-0.2, -0.15) is 0 Å². The number of nitrogens with zero attached hydrogens (tertiary/aromatic N) is 2. The molecule has 0 spiro atoms. The highest BCUT2D eigenvalue weighted by molar-refractivity contribution is 5.77. The van der Waals surface area contributed by atoms with E-state index in [1.54, 1.807) is 4.57 Å². The molecule has 0 aliphatic rings. The van der Waals surface area contributed by atoms with Gasteiger partial charge in [-0.1, -0.05) is 25.1 Å². The molecule has 0 saturated carbocycles. The lowest BCUT2D eigenvalue weighted by atomic mass is 10.2. The average molecular weight is 338 g/mol. The zero-order valence-corrected chi connectivity index (χ0v) is 14.6. The zero-order valence-electron chi connectivity index (χ0n) is 14.6. The number of hydrogen-bond donors (Lipinski definition) is 0. The quantitative estimate of drug-likeness (QED) is 0.662. The number of para-hydroxylation sites is 1. The molecule has 0 fully saturated rings. The van der Waals surface area contributed by atoms with Crippen LogP contribution in [0.2, 0.25) is 0 Å². The molecule has 3 rings (SSSR count). The Labute approximate surface area is 146 Å². The van der Waals surface area contributed by atoms with Gasteiger partial charge < -0.3 is 9.47 Å². The van der Waals surface area contributed by atoms with Gasteiger partial charge in [-0.05, 0) is 31.2 Å². The molecule has 25 heavy (non-hydrogen) atoms. The Morgan fingerprint density at radius 3 is 2.52 bits per heavy atom. The normalized spacial score (nSPS) is 10.8. The number of hydrogen-bond acceptors (Lipinski definition) is 4. The smallest absolute Gasteiger partial charge is 0.261 e. The first-order valence-electron chi connectivity index (χ1n) is 8.57. The van der Waals surface area contributed by atoms with E-state index in [2.05, 4.69) is 4.98 Å². The fourth-order valence-corrected chi connectivity index (χ4v) is 2.79. The summed E-state index contributed by atoms with van der Waals surface area (Å²) < 4.78 is 13.0. The van der Waals surface area contributed by atoms with Crippen molar-refractivity contribution < 1.29 is 9.47 Å². The van der Waals surface area contributed by atoms with E-state index in [4.69, 9.17) is 9.47 Å². The number of aryl methyl sites for hydroxylation is 1. The van der Waals surface area contributed by atoms with Gasteiger partial charge in [-0.3, -0.25) is 9.36 Å². The fourth-order valence-electron chi connectivity index (χ4n) is 2.79. The molecule has 0 radical (unpaired) electrons. The van der Waals surface area contributed by atoms with Gasteiger partial charge in [0.25, 0.3) is 5.56 Å². The van der Waals surface area contributed by atoms with Crippen LogP contribution in [0.25, 0.3) is 10.9 Å². The van der Waals surface area contributed by atoms with E-state index in [-0.39, 0.29) is 5.56 Å². The Bertz CT molecular complexity index is 918. The Balaban J connectivity index is 1.78. The van der Waals surface area contributed by atoms with Crippen molar-refractivity contribution in [3.8, 4) is 11.5 Å². The van der Waals surface area contributed by atoms with E-state index in [0.29, 0.717) is 31.6 Å². The van der Waals surface area contributed by atoms with Crippen molar-refractivity contribution in [2.45, 2.75) is 26.8 Å². The molecule has 0 aliphatic carbocycles. The average Bonchev–Trinajstić information content (AvgIpc) is 2.64. The van der Waals surface area contributed by atoms with Crippen LogP contribution in [0, 0.1) is 0 Å². The standard InChI is InChI=1S/C20H22N2O3/c1-3-19-21-18-11-6-5-10-17(18)20(23)22(19)12-13-25-16-9-7-8-15(14-16)24-4-2/h5-11,14H,3-4,12-13H2,1-2H3. The summed E-state index contributed by atoms with van der Waals surface area (Å²) in [5.74, 6) is 2.28. The topological polar surface area (TPSA) is 53.4 Å². The molecule has 2 aromatic carbocycles. The Hall–Kier alpha value is -2.82. The summed E-state index contributed by atoms with van der Waals surface area (Å²) in [5.41, 5.74) is 0.722. The molecule has 0 saturated heterocycles. The molecule has 0 bridgehead atoms. The monoisotopic (exact) mass is 338 g/mol. The van der Waals surface area contributed by atoms with Gasteiger partial charge in [0, 0.05) is 12.5 Å². The summed E-state index contributed by atoms with van der Waals surface area (Å²) >= 11 is 0. The van der Waals surface area contributed by atoms with Crippen molar-refractivity contribution in [2.24, 2.45) is 0 Å². The van der Waals surface area contributed by atoms with Crippen LogP contribution < -0.4 is 15.0 Å². The second-order valence-corrected chi connectivity index (χ2v) is 5.61. The van der Waals surface area contributed by atoms with Crippen LogP contribution in [0.4, 0.5) is 0 Å². The maximum Gasteiger partial charge on any atom is 0.261 e. The van der Waals surface area contributed by atoms with Crippen LogP contribution in [-0.2, 0) is 13.0 Å². The van der Waals surface area contributed by atoms with Gasteiger partial charge in [0.05, 0.1) is 24.1 Å². The third kappa shape index (κ3) is 3.82. The summed E-state index contributed by atoms with van der Waals surface area (Å²) in [6.07, 6.45) is 0.694. The predicted octanol–water partition coefficient (Wildman–Crippen LogP) is 3.44. The van der Waals surface area contributed by atoms with E-state index >= 15 is 0 Å². The van der Waals surface area contributed by atoms with E-state index < -0.39 is 0 Å². The second kappa shape index (κ2) is 7.83. The van der Waals surface area contributed by atoms with Gasteiger partial charge in [0.2, 0.25) is 0 Å². The van der Waals surface area contributed by atoms with Crippen LogP contribution in [0.15, 0.2) is 53.3 Å². The minimum Gasteiger partial charge on any atom is -0.494 e. The molecule has 130 valence electrons. The van der Waals surface area contributed by atoms with Gasteiger partial charge in [0.15, 0.2) is 0 Å². The summed E-state index contributed by atoms with van der Waals surface area (Å²) in [6, 6.07) is 15.0. The third-order valence-electron chi connectivity index (χ3n) is 3.96. The molecule has 0 atom stereocenters.